The van der Waals surface area contributed by atoms with Gasteiger partial charge in [0.2, 0.25) is 5.89 Å². The van der Waals surface area contributed by atoms with Crippen LogP contribution in [0.3, 0.4) is 0 Å². The summed E-state index contributed by atoms with van der Waals surface area (Å²) in [5.41, 5.74) is 0.675. The number of hydrogen-bond acceptors (Lipinski definition) is 4. The number of nitrogens with zero attached hydrogens (tertiary/aromatic N) is 2. The Labute approximate surface area is 173 Å². The van der Waals surface area contributed by atoms with Crippen molar-refractivity contribution in [3.8, 4) is 11.5 Å². The lowest BCUT2D eigenvalue weighted by molar-refractivity contribution is -0.138. The second-order valence-corrected chi connectivity index (χ2v) is 6.93. The lowest BCUT2D eigenvalue weighted by Gasteiger charge is -2.13. The molecule has 1 N–H and O–H groups in total. The van der Waals surface area contributed by atoms with Crippen molar-refractivity contribution in [3.63, 3.8) is 0 Å². The van der Waals surface area contributed by atoms with Gasteiger partial charge in [0.15, 0.2) is 11.2 Å². The highest BCUT2D eigenvalue weighted by Crippen LogP contribution is 2.33. The van der Waals surface area contributed by atoms with E-state index in [1.807, 2.05) is 0 Å². The summed E-state index contributed by atoms with van der Waals surface area (Å²) in [7, 11) is 0. The van der Waals surface area contributed by atoms with E-state index in [2.05, 4.69) is 15.3 Å². The van der Waals surface area contributed by atoms with Gasteiger partial charge in [-0.3, -0.25) is 4.79 Å². The summed E-state index contributed by atoms with van der Waals surface area (Å²) >= 11 is 6.16. The molecule has 0 atom stereocenters. The molecule has 2 aromatic heterocycles. The molecule has 2 aromatic carbocycles. The van der Waals surface area contributed by atoms with Crippen molar-refractivity contribution in [3.05, 3.63) is 76.4 Å². The van der Waals surface area contributed by atoms with Gasteiger partial charge in [-0.05, 0) is 55.0 Å². The molecule has 0 unspecified atom stereocenters. The minimum absolute atomic E-state index is 0.0312. The zero-order valence-electron chi connectivity index (χ0n) is 15.4. The van der Waals surface area contributed by atoms with Crippen LogP contribution in [0.2, 0.25) is 5.02 Å². The molecule has 0 aliphatic carbocycles. The molecule has 1 amide bonds. The van der Waals surface area contributed by atoms with Crippen molar-refractivity contribution < 1.29 is 22.4 Å². The van der Waals surface area contributed by atoms with Crippen LogP contribution in [0.15, 0.2) is 59.1 Å². The first-order chi connectivity index (χ1) is 14.2. The predicted molar refractivity (Wildman–Crippen MR) is 106 cm³/mol. The second-order valence-electron chi connectivity index (χ2n) is 6.52. The SMILES string of the molecule is Cc1ccc(C(=O)Nc2cc(-c3nc4ncccc4o3)ccc2Cl)cc1C(F)(F)F. The Balaban J connectivity index is 1.65. The van der Waals surface area contributed by atoms with Crippen molar-refractivity contribution in [2.75, 3.05) is 5.32 Å². The molecular weight excluding hydrogens is 419 g/mol. The van der Waals surface area contributed by atoms with Gasteiger partial charge in [-0.25, -0.2) is 4.98 Å². The number of halogens is 4. The smallest absolute Gasteiger partial charge is 0.416 e. The molecular formula is C21H13ClF3N3O2. The lowest BCUT2D eigenvalue weighted by Crippen LogP contribution is -2.15. The number of amides is 1. The minimum atomic E-state index is -4.56. The number of fused-ring (bicyclic) bond motifs is 1. The van der Waals surface area contributed by atoms with Crippen LogP contribution in [0, 0.1) is 6.92 Å². The number of anilines is 1. The fraction of sp³-hybridized carbons (Fsp3) is 0.0952. The van der Waals surface area contributed by atoms with Crippen LogP contribution < -0.4 is 5.32 Å². The third kappa shape index (κ3) is 3.86. The third-order valence-corrected chi connectivity index (χ3v) is 4.76. The number of hydrogen-bond donors (Lipinski definition) is 1. The summed E-state index contributed by atoms with van der Waals surface area (Å²) < 4.78 is 45.1. The normalized spacial score (nSPS) is 11.6. The fourth-order valence-electron chi connectivity index (χ4n) is 2.91. The maximum absolute atomic E-state index is 13.1. The van der Waals surface area contributed by atoms with Crippen LogP contribution in [0.5, 0.6) is 0 Å². The molecule has 0 radical (unpaired) electrons. The number of aromatic nitrogens is 2. The topological polar surface area (TPSA) is 68.0 Å². The van der Waals surface area contributed by atoms with Crippen molar-refractivity contribution in [2.24, 2.45) is 0 Å². The average molecular weight is 432 g/mol. The molecule has 9 heteroatoms. The van der Waals surface area contributed by atoms with Gasteiger partial charge in [0, 0.05) is 17.3 Å². The van der Waals surface area contributed by atoms with Crippen molar-refractivity contribution in [2.45, 2.75) is 13.1 Å². The Hall–Kier alpha value is -3.39. The second kappa shape index (κ2) is 7.46. The molecule has 0 saturated carbocycles. The number of benzene rings is 2. The minimum Gasteiger partial charge on any atom is -0.434 e. The van der Waals surface area contributed by atoms with E-state index < -0.39 is 17.6 Å². The number of rotatable bonds is 3. The molecule has 4 rings (SSSR count). The molecule has 0 bridgehead atoms. The van der Waals surface area contributed by atoms with Gasteiger partial charge in [-0.1, -0.05) is 17.7 Å². The first-order valence-corrected chi connectivity index (χ1v) is 9.11. The number of alkyl halides is 3. The van der Waals surface area contributed by atoms with Gasteiger partial charge in [-0.2, -0.15) is 18.2 Å². The zero-order valence-corrected chi connectivity index (χ0v) is 16.2. The van der Waals surface area contributed by atoms with Gasteiger partial charge in [0.05, 0.1) is 16.3 Å². The Bertz CT molecular complexity index is 1240. The molecule has 0 fully saturated rings. The van der Waals surface area contributed by atoms with Gasteiger partial charge in [-0.15, -0.1) is 0 Å². The van der Waals surface area contributed by atoms with Gasteiger partial charge in [0.25, 0.3) is 5.91 Å². The Kier molecular flexibility index (Phi) is 4.95. The van der Waals surface area contributed by atoms with Crippen LogP contribution in [-0.2, 0) is 6.18 Å². The van der Waals surface area contributed by atoms with Gasteiger partial charge < -0.3 is 9.73 Å². The molecule has 30 heavy (non-hydrogen) atoms. The highest BCUT2D eigenvalue weighted by molar-refractivity contribution is 6.34. The summed E-state index contributed by atoms with van der Waals surface area (Å²) in [5, 5.41) is 2.76. The van der Waals surface area contributed by atoms with E-state index in [-0.39, 0.29) is 27.7 Å². The van der Waals surface area contributed by atoms with Crippen LogP contribution in [0.25, 0.3) is 22.7 Å². The monoisotopic (exact) mass is 431 g/mol. The number of nitrogens with one attached hydrogen (secondary N) is 1. The standard InChI is InChI=1S/C21H13ClF3N3O2/c1-11-4-5-12(9-14(11)21(23,24)25)19(29)27-16-10-13(6-7-15(16)22)20-28-18-17(30-20)3-2-8-26-18/h2-10H,1H3,(H,27,29). The first kappa shape index (κ1) is 19.9. The molecule has 2 heterocycles. The largest absolute Gasteiger partial charge is 0.434 e. The van der Waals surface area contributed by atoms with Crippen molar-refractivity contribution >= 4 is 34.4 Å². The van der Waals surface area contributed by atoms with Crippen molar-refractivity contribution in [1.82, 2.24) is 9.97 Å². The molecule has 0 saturated heterocycles. The maximum atomic E-state index is 13.1. The summed E-state index contributed by atoms with van der Waals surface area (Å²) in [6, 6.07) is 11.5. The number of carbonyl (C=O) groups excluding carboxylic acids is 1. The Morgan fingerprint density at radius 1 is 1.13 bits per heavy atom. The summed E-state index contributed by atoms with van der Waals surface area (Å²) in [4.78, 5) is 20.9. The Morgan fingerprint density at radius 2 is 1.93 bits per heavy atom. The number of pyridine rings is 1. The molecule has 0 aliphatic rings. The number of aryl methyl sites for hydroxylation is 1. The first-order valence-electron chi connectivity index (χ1n) is 8.73. The van der Waals surface area contributed by atoms with Crippen LogP contribution in [-0.4, -0.2) is 15.9 Å². The van der Waals surface area contributed by atoms with E-state index in [1.165, 1.54) is 31.2 Å². The van der Waals surface area contributed by atoms with Crippen LogP contribution in [0.1, 0.15) is 21.5 Å². The van der Waals surface area contributed by atoms with E-state index in [0.29, 0.717) is 16.8 Å². The molecule has 0 aliphatic heterocycles. The molecule has 4 aromatic rings. The van der Waals surface area contributed by atoms with Crippen LogP contribution >= 0.6 is 11.6 Å². The fourth-order valence-corrected chi connectivity index (χ4v) is 3.07. The summed E-state index contributed by atoms with van der Waals surface area (Å²) in [6.07, 6.45) is -2.97. The summed E-state index contributed by atoms with van der Waals surface area (Å²) in [6.45, 7) is 1.33. The third-order valence-electron chi connectivity index (χ3n) is 4.43. The van der Waals surface area contributed by atoms with Crippen LogP contribution in [0.4, 0.5) is 18.9 Å². The van der Waals surface area contributed by atoms with Gasteiger partial charge in [0.1, 0.15) is 0 Å². The maximum Gasteiger partial charge on any atom is 0.416 e. The highest BCUT2D eigenvalue weighted by atomic mass is 35.5. The van der Waals surface area contributed by atoms with E-state index in [9.17, 15) is 18.0 Å². The van der Waals surface area contributed by atoms with E-state index in [4.69, 9.17) is 16.0 Å². The quantitative estimate of drug-likeness (QED) is 0.424. The average Bonchev–Trinajstić information content (AvgIpc) is 3.13. The lowest BCUT2D eigenvalue weighted by atomic mass is 10.0. The molecule has 152 valence electrons. The van der Waals surface area contributed by atoms with Gasteiger partial charge >= 0.3 is 6.18 Å². The summed E-state index contributed by atoms with van der Waals surface area (Å²) in [5.74, 6) is -0.454. The molecule has 5 nitrogen and oxygen atoms in total. The van der Waals surface area contributed by atoms with Crippen molar-refractivity contribution in [1.29, 1.82) is 0 Å². The Morgan fingerprint density at radius 3 is 2.67 bits per heavy atom. The highest BCUT2D eigenvalue weighted by Gasteiger charge is 2.33. The van der Waals surface area contributed by atoms with E-state index >= 15 is 0 Å². The number of carbonyl (C=O) groups is 1. The predicted octanol–water partition coefficient (Wildman–Crippen LogP) is 6.12. The van der Waals surface area contributed by atoms with E-state index in [1.54, 1.807) is 24.4 Å². The van der Waals surface area contributed by atoms with E-state index in [0.717, 1.165) is 6.07 Å². The molecule has 0 spiro atoms. The zero-order chi connectivity index (χ0) is 21.5. The number of oxazole rings is 1.